The van der Waals surface area contributed by atoms with Crippen molar-refractivity contribution in [2.24, 2.45) is 0 Å². The van der Waals surface area contributed by atoms with Crippen molar-refractivity contribution in [2.75, 3.05) is 19.6 Å². The van der Waals surface area contributed by atoms with Crippen molar-refractivity contribution in [3.8, 4) is 0 Å². The molecule has 1 N–H and O–H groups in total. The van der Waals surface area contributed by atoms with Crippen LogP contribution >= 0.6 is 11.6 Å². The second-order valence-electron chi connectivity index (χ2n) is 7.54. The van der Waals surface area contributed by atoms with E-state index in [1.165, 1.54) is 29.2 Å². The number of hydrogen-bond donors (Lipinski definition) is 1. The molecule has 1 amide bonds. The van der Waals surface area contributed by atoms with Gasteiger partial charge in [0.05, 0.1) is 6.54 Å². The summed E-state index contributed by atoms with van der Waals surface area (Å²) in [5, 5.41) is 9.89. The highest BCUT2D eigenvalue weighted by Crippen LogP contribution is 2.32. The van der Waals surface area contributed by atoms with E-state index < -0.39 is 17.6 Å². The van der Waals surface area contributed by atoms with Crippen molar-refractivity contribution in [1.82, 2.24) is 9.80 Å². The van der Waals surface area contributed by atoms with E-state index in [4.69, 9.17) is 11.6 Å². The van der Waals surface area contributed by atoms with E-state index in [1.54, 1.807) is 4.90 Å². The maximum absolute atomic E-state index is 14.5. The van der Waals surface area contributed by atoms with Crippen molar-refractivity contribution in [3.63, 3.8) is 0 Å². The molecular formula is C18H25ClF2N2O2. The summed E-state index contributed by atoms with van der Waals surface area (Å²) in [6.45, 7) is 6.08. The fourth-order valence-electron chi connectivity index (χ4n) is 3.39. The fourth-order valence-corrected chi connectivity index (χ4v) is 3.52. The first-order valence-corrected chi connectivity index (χ1v) is 8.77. The van der Waals surface area contributed by atoms with Crippen LogP contribution in [0.5, 0.6) is 0 Å². The van der Waals surface area contributed by atoms with E-state index in [-0.39, 0.29) is 18.2 Å². The SMILES string of the molecule is CC(C)(C)N(C(=O)O)C1CCN(CC(F)(F)c2ccc(Cl)cc2)CC1. The first-order chi connectivity index (χ1) is 11.5. The topological polar surface area (TPSA) is 43.8 Å². The molecule has 0 aliphatic carbocycles. The average molecular weight is 375 g/mol. The summed E-state index contributed by atoms with van der Waals surface area (Å²) < 4.78 is 28.9. The minimum Gasteiger partial charge on any atom is -0.465 e. The summed E-state index contributed by atoms with van der Waals surface area (Å²) in [5.41, 5.74) is -0.563. The van der Waals surface area contributed by atoms with Crippen LogP contribution in [0.15, 0.2) is 24.3 Å². The van der Waals surface area contributed by atoms with E-state index in [0.29, 0.717) is 31.0 Å². The lowest BCUT2D eigenvalue weighted by atomic mass is 9.96. The molecule has 7 heteroatoms. The summed E-state index contributed by atoms with van der Waals surface area (Å²) >= 11 is 5.75. The number of rotatable bonds is 4. The van der Waals surface area contributed by atoms with Gasteiger partial charge < -0.3 is 10.0 Å². The quantitative estimate of drug-likeness (QED) is 0.832. The van der Waals surface area contributed by atoms with Crippen LogP contribution in [0.3, 0.4) is 0 Å². The largest absolute Gasteiger partial charge is 0.465 e. The number of carbonyl (C=O) groups is 1. The van der Waals surface area contributed by atoms with Crippen molar-refractivity contribution in [2.45, 2.75) is 51.1 Å². The molecule has 0 aromatic heterocycles. The molecule has 1 saturated heterocycles. The second-order valence-corrected chi connectivity index (χ2v) is 7.98. The Hall–Kier alpha value is -1.40. The molecule has 1 aromatic rings. The van der Waals surface area contributed by atoms with Gasteiger partial charge in [-0.1, -0.05) is 23.7 Å². The van der Waals surface area contributed by atoms with Crippen LogP contribution in [0.1, 0.15) is 39.2 Å². The monoisotopic (exact) mass is 374 g/mol. The predicted octanol–water partition coefficient (Wildman–Crippen LogP) is 4.67. The Morgan fingerprint density at radius 3 is 2.20 bits per heavy atom. The Bertz CT molecular complexity index is 594. The summed E-state index contributed by atoms with van der Waals surface area (Å²) in [7, 11) is 0. The van der Waals surface area contributed by atoms with Crippen molar-refractivity contribution < 1.29 is 18.7 Å². The van der Waals surface area contributed by atoms with E-state index in [2.05, 4.69) is 0 Å². The van der Waals surface area contributed by atoms with Gasteiger partial charge >= 0.3 is 6.09 Å². The highest BCUT2D eigenvalue weighted by Gasteiger charge is 2.38. The molecule has 0 atom stereocenters. The summed E-state index contributed by atoms with van der Waals surface area (Å²) in [6.07, 6.45) is 0.151. The van der Waals surface area contributed by atoms with Crippen LogP contribution in [0.25, 0.3) is 0 Å². The number of piperidine rings is 1. The lowest BCUT2D eigenvalue weighted by Gasteiger charge is -2.44. The van der Waals surface area contributed by atoms with Gasteiger partial charge in [0.15, 0.2) is 0 Å². The zero-order chi connectivity index (χ0) is 18.8. The Morgan fingerprint density at radius 1 is 1.24 bits per heavy atom. The predicted molar refractivity (Wildman–Crippen MR) is 94.4 cm³/mol. The van der Waals surface area contributed by atoms with E-state index in [0.717, 1.165) is 0 Å². The van der Waals surface area contributed by atoms with E-state index in [1.807, 2.05) is 20.8 Å². The lowest BCUT2D eigenvalue weighted by Crippen LogP contribution is -2.55. The van der Waals surface area contributed by atoms with Crippen LogP contribution in [0.4, 0.5) is 13.6 Å². The molecule has 2 rings (SSSR count). The van der Waals surface area contributed by atoms with Gasteiger partial charge in [0, 0.05) is 35.3 Å². The number of nitrogens with zero attached hydrogens (tertiary/aromatic N) is 2. The fraction of sp³-hybridized carbons (Fsp3) is 0.611. The standard InChI is InChI=1S/C18H25ClF2N2O2/c1-17(2,3)23(16(24)25)15-8-10-22(11-9-15)12-18(20,21)13-4-6-14(19)7-5-13/h4-7,15H,8-12H2,1-3H3,(H,24,25). The maximum Gasteiger partial charge on any atom is 0.407 e. The third-order valence-corrected chi connectivity index (χ3v) is 4.79. The third kappa shape index (κ3) is 5.05. The normalized spacial score (nSPS) is 17.5. The average Bonchev–Trinajstić information content (AvgIpc) is 2.47. The molecule has 0 unspecified atom stereocenters. The number of alkyl halides is 2. The summed E-state index contributed by atoms with van der Waals surface area (Å²) in [4.78, 5) is 14.7. The molecule has 1 aromatic carbocycles. The maximum atomic E-state index is 14.5. The summed E-state index contributed by atoms with van der Waals surface area (Å²) in [6, 6.07) is 5.48. The van der Waals surface area contributed by atoms with Gasteiger partial charge in [-0.3, -0.25) is 4.90 Å². The first-order valence-electron chi connectivity index (χ1n) is 8.39. The molecule has 1 heterocycles. The molecule has 4 nitrogen and oxygen atoms in total. The van der Waals surface area contributed by atoms with Gasteiger partial charge in [-0.15, -0.1) is 0 Å². The molecule has 25 heavy (non-hydrogen) atoms. The van der Waals surface area contributed by atoms with Crippen LogP contribution in [0, 0.1) is 0 Å². The van der Waals surface area contributed by atoms with Gasteiger partial charge in [-0.2, -0.15) is 8.78 Å². The Kier molecular flexibility index (Phi) is 5.94. The molecule has 1 aliphatic heterocycles. The minimum atomic E-state index is -2.96. The highest BCUT2D eigenvalue weighted by atomic mass is 35.5. The summed E-state index contributed by atoms with van der Waals surface area (Å²) in [5.74, 6) is -2.96. The molecule has 0 saturated carbocycles. The number of halogens is 3. The van der Waals surface area contributed by atoms with Crippen LogP contribution < -0.4 is 0 Å². The molecule has 1 fully saturated rings. The third-order valence-electron chi connectivity index (χ3n) is 4.54. The first kappa shape index (κ1) is 19.9. The highest BCUT2D eigenvalue weighted by molar-refractivity contribution is 6.30. The lowest BCUT2D eigenvalue weighted by molar-refractivity contribution is -0.0492. The van der Waals surface area contributed by atoms with Gasteiger partial charge in [0.2, 0.25) is 0 Å². The number of carboxylic acid groups (broad SMARTS) is 1. The molecular weight excluding hydrogens is 350 g/mol. The zero-order valence-corrected chi connectivity index (χ0v) is 15.6. The van der Waals surface area contributed by atoms with Crippen LogP contribution in [-0.2, 0) is 5.92 Å². The van der Waals surface area contributed by atoms with E-state index in [9.17, 15) is 18.7 Å². The molecule has 140 valence electrons. The number of benzene rings is 1. The Balaban J connectivity index is 1.98. The van der Waals surface area contributed by atoms with Crippen molar-refractivity contribution >= 4 is 17.7 Å². The zero-order valence-electron chi connectivity index (χ0n) is 14.8. The van der Waals surface area contributed by atoms with E-state index >= 15 is 0 Å². The van der Waals surface area contributed by atoms with Gasteiger partial charge in [-0.25, -0.2) is 4.79 Å². The number of likely N-dealkylation sites (tertiary alicyclic amines) is 1. The smallest absolute Gasteiger partial charge is 0.407 e. The molecule has 0 radical (unpaired) electrons. The van der Waals surface area contributed by atoms with Gasteiger partial charge in [-0.05, 0) is 45.7 Å². The molecule has 1 aliphatic rings. The second kappa shape index (κ2) is 7.46. The molecule has 0 spiro atoms. The Labute approximate surface area is 152 Å². The number of amides is 1. The van der Waals surface area contributed by atoms with Crippen molar-refractivity contribution in [1.29, 1.82) is 0 Å². The van der Waals surface area contributed by atoms with Gasteiger partial charge in [0.1, 0.15) is 0 Å². The van der Waals surface area contributed by atoms with Crippen LogP contribution in [0.2, 0.25) is 5.02 Å². The Morgan fingerprint density at radius 2 is 1.76 bits per heavy atom. The van der Waals surface area contributed by atoms with Crippen LogP contribution in [-0.4, -0.2) is 52.2 Å². The number of hydrogen-bond acceptors (Lipinski definition) is 2. The van der Waals surface area contributed by atoms with Crippen molar-refractivity contribution in [3.05, 3.63) is 34.9 Å². The molecule has 0 bridgehead atoms. The minimum absolute atomic E-state index is 0.0547. The van der Waals surface area contributed by atoms with Gasteiger partial charge in [0.25, 0.3) is 5.92 Å².